The molecule has 1 N–H and O–H groups in total. The van der Waals surface area contributed by atoms with Gasteiger partial charge in [0.2, 0.25) is 5.91 Å². The zero-order chi connectivity index (χ0) is 31.1. The molecule has 7 nitrogen and oxygen atoms in total. The fourth-order valence-electron chi connectivity index (χ4n) is 2.77. The number of nitrogens with one attached hydrogen (secondary N) is 1. The molecule has 0 fully saturated rings. The van der Waals surface area contributed by atoms with Gasteiger partial charge in [-0.3, -0.25) is 23.6 Å². The number of ketones is 1. The summed E-state index contributed by atoms with van der Waals surface area (Å²) in [5.74, 6) is -2.16. The number of alkyl halides is 7. The largest absolute Gasteiger partial charge is 1.00 e. The van der Waals surface area contributed by atoms with Gasteiger partial charge in [-0.2, -0.15) is 26.3 Å². The smallest absolute Gasteiger partial charge is 1.00 e. The number of allylic oxidation sites excluding steroid dienone is 1. The molecule has 0 aromatic heterocycles. The Kier molecular flexibility index (Phi) is 23.4. The van der Waals surface area contributed by atoms with E-state index in [0.29, 0.717) is 11.8 Å². The monoisotopic (exact) mass is 686 g/mol. The second kappa shape index (κ2) is 22.3. The molecule has 18 heteroatoms. The van der Waals surface area contributed by atoms with E-state index in [4.69, 9.17) is 34.6 Å². The summed E-state index contributed by atoms with van der Waals surface area (Å²) in [5, 5.41) is 10.7. The van der Waals surface area contributed by atoms with E-state index in [9.17, 15) is 45.1 Å². The van der Waals surface area contributed by atoms with Crippen molar-refractivity contribution in [3.8, 4) is 0 Å². The second-order valence-corrected chi connectivity index (χ2v) is 7.63. The van der Waals surface area contributed by atoms with Crippen LogP contribution < -0.4 is 113 Å². The zero-order valence-electron chi connectivity index (χ0n) is 23.2. The summed E-state index contributed by atoms with van der Waals surface area (Å²) >= 11 is 11.4. The second-order valence-electron chi connectivity index (χ2n) is 6.82. The maximum absolute atomic E-state index is 12.5. The topological polar surface area (TPSA) is 113 Å². The predicted molar refractivity (Wildman–Crippen MR) is 126 cm³/mol. The third kappa shape index (κ3) is 17.0. The van der Waals surface area contributed by atoms with E-state index in [-0.39, 0.29) is 144 Å². The Labute approximate surface area is 326 Å². The van der Waals surface area contributed by atoms with E-state index < -0.39 is 43.2 Å². The number of rotatable bonds is 4. The molecular formula is C23H18Cl2F7K2NO6. The van der Waals surface area contributed by atoms with E-state index in [0.717, 1.165) is 6.08 Å². The first kappa shape index (κ1) is 42.9. The molecule has 41 heavy (non-hydrogen) atoms. The van der Waals surface area contributed by atoms with Crippen molar-refractivity contribution in [3.05, 3.63) is 68.7 Å². The van der Waals surface area contributed by atoms with Gasteiger partial charge in [0.05, 0.1) is 30.4 Å². The van der Waals surface area contributed by atoms with Crippen LogP contribution in [0, 0.1) is 0 Å². The molecule has 1 amide bonds. The number of Topliss-reactive ketones (excluding diaryl/α,β-unsaturated/α-hetero) is 1. The summed E-state index contributed by atoms with van der Waals surface area (Å²) in [6.45, 7) is -0.181. The van der Waals surface area contributed by atoms with Gasteiger partial charge in [0.1, 0.15) is 6.42 Å². The molecule has 0 radical (unpaired) electrons. The van der Waals surface area contributed by atoms with Crippen molar-refractivity contribution in [2.45, 2.75) is 25.2 Å². The Hall–Kier alpha value is -0.217. The molecule has 0 spiro atoms. The van der Waals surface area contributed by atoms with Crippen LogP contribution in [0.25, 0.3) is 6.08 Å². The van der Waals surface area contributed by atoms with Crippen LogP contribution in [0.15, 0.2) is 42.0 Å². The molecule has 0 atom stereocenters. The van der Waals surface area contributed by atoms with Crippen molar-refractivity contribution in [2.75, 3.05) is 12.5 Å². The van der Waals surface area contributed by atoms with Gasteiger partial charge in [-0.1, -0.05) is 41.4 Å². The van der Waals surface area contributed by atoms with Gasteiger partial charge in [-0.15, -0.1) is 0 Å². The average Bonchev–Trinajstić information content (AvgIpc) is 2.83. The minimum Gasteiger partial charge on any atom is -1.00 e. The van der Waals surface area contributed by atoms with E-state index in [2.05, 4.69) is 4.89 Å². The normalized spacial score (nSPS) is 11.7. The van der Waals surface area contributed by atoms with E-state index in [1.165, 1.54) is 24.3 Å². The van der Waals surface area contributed by atoms with Crippen LogP contribution in [0.1, 0.15) is 30.7 Å². The van der Waals surface area contributed by atoms with Gasteiger partial charge >= 0.3 is 115 Å². The fraction of sp³-hybridized carbons (Fsp3) is 0.217. The number of amides is 1. The third-order valence-electron chi connectivity index (χ3n) is 4.23. The number of halogens is 9. The van der Waals surface area contributed by atoms with Crippen molar-refractivity contribution in [3.63, 3.8) is 0 Å². The van der Waals surface area contributed by atoms with Gasteiger partial charge in [0.15, 0.2) is 12.1 Å². The van der Waals surface area contributed by atoms with Gasteiger partial charge in [-0.05, 0) is 35.4 Å². The zero-order valence-corrected chi connectivity index (χ0v) is 28.9. The van der Waals surface area contributed by atoms with Crippen LogP contribution in [-0.2, 0) is 25.7 Å². The van der Waals surface area contributed by atoms with E-state index in [1.807, 2.05) is 5.32 Å². The molecule has 0 heterocycles. The Balaban J connectivity index is -0.000000275. The predicted octanol–water partition coefficient (Wildman–Crippen LogP) is -0.405. The maximum atomic E-state index is 12.5. The molecule has 1 aliphatic carbocycles. The molecule has 0 saturated heterocycles. The molecule has 216 valence electrons. The summed E-state index contributed by atoms with van der Waals surface area (Å²) in [4.78, 5) is 44.2. The van der Waals surface area contributed by atoms with Gasteiger partial charge in [0, 0.05) is 11.4 Å². The van der Waals surface area contributed by atoms with Crippen LogP contribution in [0.2, 0.25) is 10.0 Å². The molecular weight excluding hydrogens is 668 g/mol. The third-order valence-corrected chi connectivity index (χ3v) is 4.89. The fourth-order valence-corrected chi connectivity index (χ4v) is 3.24. The van der Waals surface area contributed by atoms with Crippen molar-refractivity contribution >= 4 is 59.4 Å². The first-order chi connectivity index (χ1) is 18.6. The SMILES string of the molecule is O=C1Cc2cccc(Cl)c2C=C1C(F)(F)F.O=CO[O-].O=Cc1c(Cl)cccc1NC(=O)CC(F)(F)F.[2H]CF.[H-].[K+].[K+]. The minimum atomic E-state index is -4.62. The van der Waals surface area contributed by atoms with Gasteiger partial charge in [-0.25, -0.2) is 0 Å². The summed E-state index contributed by atoms with van der Waals surface area (Å²) in [7, 11) is -1.00. The first-order valence-corrected chi connectivity index (χ1v) is 10.6. The van der Waals surface area contributed by atoms with Crippen LogP contribution in [0.3, 0.4) is 0 Å². The van der Waals surface area contributed by atoms with Crippen molar-refractivity contribution < 1.29 is 166 Å². The number of carbonyl (C=O) groups is 4. The summed E-state index contributed by atoms with van der Waals surface area (Å²) in [6, 6.07) is 8.82. The van der Waals surface area contributed by atoms with Gasteiger partial charge in [0.25, 0.3) is 6.47 Å². The first-order valence-electron chi connectivity index (χ1n) is 10.5. The number of carbonyl (C=O) groups excluding carboxylic acids is 4. The summed E-state index contributed by atoms with van der Waals surface area (Å²) in [5.41, 5.74) is -0.402. The summed E-state index contributed by atoms with van der Waals surface area (Å²) in [6.07, 6.45) is -9.88. The quantitative estimate of drug-likeness (QED) is 0.154. The Bertz CT molecular complexity index is 1220. The van der Waals surface area contributed by atoms with Crippen LogP contribution in [0.4, 0.5) is 36.4 Å². The molecule has 3 rings (SSSR count). The molecule has 1 aliphatic rings. The minimum absolute atomic E-state index is 0. The van der Waals surface area contributed by atoms with Gasteiger partial charge < -0.3 is 16.9 Å². The Morgan fingerprint density at radius 1 is 1.10 bits per heavy atom. The van der Waals surface area contributed by atoms with Crippen LogP contribution in [-0.4, -0.2) is 44.0 Å². The number of hydrogen-bond donors (Lipinski definition) is 1. The number of fused-ring (bicyclic) bond motifs is 1. The molecule has 0 aliphatic heterocycles. The molecule has 2 aromatic carbocycles. The average molecular weight is 687 g/mol. The van der Waals surface area contributed by atoms with E-state index >= 15 is 0 Å². The standard InChI is InChI=1S/C11H6ClF3O.C10H7ClF3NO2.CH3F.CH2O3.2K.H/c12-9-3-1-2-6-4-10(16)8(5-7(6)9)11(13,14)15;11-7-2-1-3-8(6(7)5-16)15-9(17)4-10(12,13)14;1-2;2-1-4-3;;;/h1-3,5H,4H2;1-3,5H,4H2,(H,15,17);1H3;1,3H;;;/q;;;;2*+1;-1/p-1/i;;1D;;;;. The number of anilines is 1. The van der Waals surface area contributed by atoms with Crippen LogP contribution in [0.5, 0.6) is 0 Å². The molecule has 0 unspecified atom stereocenters. The number of aldehydes is 1. The maximum Gasteiger partial charge on any atom is 1.00 e. The van der Waals surface area contributed by atoms with Crippen molar-refractivity contribution in [2.24, 2.45) is 0 Å². The number of hydrogen-bond acceptors (Lipinski definition) is 6. The molecule has 0 saturated carbocycles. The molecule has 0 bridgehead atoms. The number of benzene rings is 2. The van der Waals surface area contributed by atoms with Crippen LogP contribution >= 0.6 is 23.2 Å². The molecule has 2 aromatic rings. The van der Waals surface area contributed by atoms with Crippen molar-refractivity contribution in [1.29, 1.82) is 0 Å². The van der Waals surface area contributed by atoms with E-state index in [1.54, 1.807) is 12.1 Å². The Morgan fingerprint density at radius 2 is 1.61 bits per heavy atom. The van der Waals surface area contributed by atoms with Crippen molar-refractivity contribution in [1.82, 2.24) is 0 Å². The Morgan fingerprint density at radius 3 is 2.07 bits per heavy atom. The summed E-state index contributed by atoms with van der Waals surface area (Å²) < 4.78 is 88.7.